The van der Waals surface area contributed by atoms with Crippen molar-refractivity contribution in [3.8, 4) is 11.5 Å². The van der Waals surface area contributed by atoms with Gasteiger partial charge in [-0.25, -0.2) is 9.97 Å². The van der Waals surface area contributed by atoms with Crippen LogP contribution in [0.25, 0.3) is 11.5 Å². The summed E-state index contributed by atoms with van der Waals surface area (Å²) in [6.07, 6.45) is 1.73. The third kappa shape index (κ3) is 4.30. The van der Waals surface area contributed by atoms with E-state index in [9.17, 15) is 0 Å². The molecule has 3 heterocycles. The van der Waals surface area contributed by atoms with Crippen molar-refractivity contribution in [3.63, 3.8) is 0 Å². The maximum Gasteiger partial charge on any atom is 0.182 e. The minimum Gasteiger partial charge on any atom is -0.383 e. The second-order valence-corrected chi connectivity index (χ2v) is 5.63. The molecule has 0 spiro atoms. The molecule has 8 heteroatoms. The maximum atomic E-state index is 5.15. The molecule has 0 aliphatic carbocycles. The fourth-order valence-corrected chi connectivity index (χ4v) is 2.26. The van der Waals surface area contributed by atoms with Crippen molar-refractivity contribution in [1.29, 1.82) is 0 Å². The van der Waals surface area contributed by atoms with Crippen LogP contribution >= 0.6 is 0 Å². The molecule has 0 bridgehead atoms. The topological polar surface area (TPSA) is 91.8 Å². The number of methoxy groups -OCH3 is 1. The van der Waals surface area contributed by atoms with E-state index in [0.29, 0.717) is 29.8 Å². The fraction of sp³-hybridized carbons (Fsp3) is 0.294. The SMILES string of the molecule is COCCN(C)c1cc(Nc2cc(C)[nH]n2)nc(-c2ccccn2)n1. The molecule has 0 fully saturated rings. The molecular weight excluding hydrogens is 318 g/mol. The normalized spacial score (nSPS) is 10.7. The monoisotopic (exact) mass is 339 g/mol. The number of aromatic nitrogens is 5. The molecule has 3 aromatic rings. The average Bonchev–Trinajstić information content (AvgIpc) is 3.04. The predicted molar refractivity (Wildman–Crippen MR) is 97.0 cm³/mol. The highest BCUT2D eigenvalue weighted by Gasteiger charge is 2.12. The Morgan fingerprint density at radius 2 is 2.08 bits per heavy atom. The summed E-state index contributed by atoms with van der Waals surface area (Å²) in [5.74, 6) is 2.69. The first-order chi connectivity index (χ1) is 12.2. The molecule has 0 unspecified atom stereocenters. The van der Waals surface area contributed by atoms with Crippen molar-refractivity contribution >= 4 is 17.5 Å². The quantitative estimate of drug-likeness (QED) is 0.683. The highest BCUT2D eigenvalue weighted by Crippen LogP contribution is 2.22. The summed E-state index contributed by atoms with van der Waals surface area (Å²) in [6.45, 7) is 3.28. The fourth-order valence-electron chi connectivity index (χ4n) is 2.26. The van der Waals surface area contributed by atoms with Gasteiger partial charge in [0.05, 0.1) is 6.61 Å². The van der Waals surface area contributed by atoms with Gasteiger partial charge in [0, 0.05) is 44.7 Å². The Morgan fingerprint density at radius 3 is 2.76 bits per heavy atom. The average molecular weight is 339 g/mol. The number of aryl methyl sites for hydroxylation is 1. The third-order valence-electron chi connectivity index (χ3n) is 3.59. The van der Waals surface area contributed by atoms with Crippen LogP contribution in [0.15, 0.2) is 36.5 Å². The first kappa shape index (κ1) is 16.8. The van der Waals surface area contributed by atoms with Crippen LogP contribution in [0.2, 0.25) is 0 Å². The van der Waals surface area contributed by atoms with Crippen molar-refractivity contribution in [3.05, 3.63) is 42.2 Å². The number of ether oxygens (including phenoxy) is 1. The Morgan fingerprint density at radius 1 is 1.20 bits per heavy atom. The molecule has 130 valence electrons. The summed E-state index contributed by atoms with van der Waals surface area (Å²) in [5.41, 5.74) is 1.68. The van der Waals surface area contributed by atoms with Gasteiger partial charge in [0.15, 0.2) is 11.6 Å². The predicted octanol–water partition coefficient (Wildman–Crippen LogP) is 2.40. The number of hydrogen-bond acceptors (Lipinski definition) is 7. The third-order valence-corrected chi connectivity index (χ3v) is 3.59. The molecule has 0 aliphatic rings. The van der Waals surface area contributed by atoms with Crippen molar-refractivity contribution in [2.45, 2.75) is 6.92 Å². The van der Waals surface area contributed by atoms with Gasteiger partial charge in [-0.3, -0.25) is 10.1 Å². The molecule has 0 aromatic carbocycles. The maximum absolute atomic E-state index is 5.15. The van der Waals surface area contributed by atoms with Gasteiger partial charge in [0.1, 0.15) is 17.3 Å². The van der Waals surface area contributed by atoms with Gasteiger partial charge in [-0.05, 0) is 19.1 Å². The number of pyridine rings is 1. The van der Waals surface area contributed by atoms with Gasteiger partial charge < -0.3 is 15.0 Å². The smallest absolute Gasteiger partial charge is 0.182 e. The van der Waals surface area contributed by atoms with Gasteiger partial charge in [0.25, 0.3) is 0 Å². The Bertz CT molecular complexity index is 819. The minimum atomic E-state index is 0.553. The Hall–Kier alpha value is -3.00. The molecule has 0 amide bonds. The van der Waals surface area contributed by atoms with Crippen LogP contribution in [0.1, 0.15) is 5.69 Å². The lowest BCUT2D eigenvalue weighted by atomic mass is 10.3. The number of likely N-dealkylation sites (N-methyl/N-ethyl adjacent to an activating group) is 1. The first-order valence-corrected chi connectivity index (χ1v) is 7.95. The summed E-state index contributed by atoms with van der Waals surface area (Å²) >= 11 is 0. The minimum absolute atomic E-state index is 0.553. The highest BCUT2D eigenvalue weighted by molar-refractivity contribution is 5.62. The van der Waals surface area contributed by atoms with Gasteiger partial charge in [-0.2, -0.15) is 5.10 Å². The van der Waals surface area contributed by atoms with E-state index < -0.39 is 0 Å². The Labute approximate surface area is 146 Å². The molecule has 2 N–H and O–H groups in total. The number of hydrogen-bond donors (Lipinski definition) is 2. The first-order valence-electron chi connectivity index (χ1n) is 7.95. The lowest BCUT2D eigenvalue weighted by molar-refractivity contribution is 0.206. The standard InChI is InChI=1S/C17H21N7O/c1-12-10-15(23-22-12)19-14-11-16(24(2)8-9-25-3)21-17(20-14)13-6-4-5-7-18-13/h4-7,10-11H,8-9H2,1-3H3,(H2,19,20,21,22,23). The summed E-state index contributed by atoms with van der Waals surface area (Å²) < 4.78 is 5.15. The van der Waals surface area contributed by atoms with Gasteiger partial charge >= 0.3 is 0 Å². The summed E-state index contributed by atoms with van der Waals surface area (Å²) in [6, 6.07) is 9.46. The number of nitrogens with one attached hydrogen (secondary N) is 2. The molecule has 0 saturated heterocycles. The van der Waals surface area contributed by atoms with Crippen LogP contribution in [0.5, 0.6) is 0 Å². The molecule has 0 atom stereocenters. The van der Waals surface area contributed by atoms with Crippen molar-refractivity contribution in [1.82, 2.24) is 25.1 Å². The van der Waals surface area contributed by atoms with Crippen LogP contribution in [-0.4, -0.2) is 52.5 Å². The highest BCUT2D eigenvalue weighted by atomic mass is 16.5. The molecule has 8 nitrogen and oxygen atoms in total. The number of anilines is 3. The van der Waals surface area contributed by atoms with Crippen molar-refractivity contribution in [2.24, 2.45) is 0 Å². The summed E-state index contributed by atoms with van der Waals surface area (Å²) in [4.78, 5) is 15.6. The molecule has 3 rings (SSSR count). The number of rotatable bonds is 7. The van der Waals surface area contributed by atoms with Crippen molar-refractivity contribution in [2.75, 3.05) is 37.5 Å². The molecule has 0 radical (unpaired) electrons. The lowest BCUT2D eigenvalue weighted by Gasteiger charge is -2.19. The zero-order valence-corrected chi connectivity index (χ0v) is 14.5. The second kappa shape index (κ2) is 7.71. The Kier molecular flexibility index (Phi) is 5.20. The number of nitrogens with zero attached hydrogens (tertiary/aromatic N) is 5. The van der Waals surface area contributed by atoms with Gasteiger partial charge in [0.2, 0.25) is 0 Å². The van der Waals surface area contributed by atoms with Gasteiger partial charge in [-0.1, -0.05) is 6.07 Å². The van der Waals surface area contributed by atoms with E-state index in [2.05, 4.69) is 30.5 Å². The zero-order chi connectivity index (χ0) is 17.6. The van der Waals surface area contributed by atoms with Crippen LogP contribution in [0.4, 0.5) is 17.5 Å². The number of aromatic amines is 1. The number of H-pyrrole nitrogens is 1. The largest absolute Gasteiger partial charge is 0.383 e. The Balaban J connectivity index is 1.95. The summed E-state index contributed by atoms with van der Waals surface area (Å²) in [7, 11) is 3.64. The van der Waals surface area contributed by atoms with E-state index in [-0.39, 0.29) is 0 Å². The van der Waals surface area contributed by atoms with E-state index in [1.807, 2.05) is 49.2 Å². The van der Waals surface area contributed by atoms with Crippen LogP contribution < -0.4 is 10.2 Å². The van der Waals surface area contributed by atoms with E-state index in [4.69, 9.17) is 4.74 Å². The zero-order valence-electron chi connectivity index (χ0n) is 14.5. The van der Waals surface area contributed by atoms with Gasteiger partial charge in [-0.15, -0.1) is 0 Å². The molecule has 0 saturated carbocycles. The molecular formula is C17H21N7O. The second-order valence-electron chi connectivity index (χ2n) is 5.63. The van der Waals surface area contributed by atoms with E-state index >= 15 is 0 Å². The van der Waals surface area contributed by atoms with Crippen LogP contribution in [-0.2, 0) is 4.74 Å². The lowest BCUT2D eigenvalue weighted by Crippen LogP contribution is -2.23. The molecule has 0 aliphatic heterocycles. The van der Waals surface area contributed by atoms with E-state index in [1.54, 1.807) is 13.3 Å². The van der Waals surface area contributed by atoms with Crippen LogP contribution in [0, 0.1) is 6.92 Å². The van der Waals surface area contributed by atoms with E-state index in [1.165, 1.54) is 0 Å². The van der Waals surface area contributed by atoms with Crippen molar-refractivity contribution < 1.29 is 4.74 Å². The molecule has 3 aromatic heterocycles. The molecule has 25 heavy (non-hydrogen) atoms. The summed E-state index contributed by atoms with van der Waals surface area (Å²) in [5, 5.41) is 10.3. The van der Waals surface area contributed by atoms with E-state index in [0.717, 1.165) is 18.1 Å². The van der Waals surface area contributed by atoms with Crippen LogP contribution in [0.3, 0.4) is 0 Å².